The molecular weight excluding hydrogens is 282 g/mol. The first-order valence-corrected chi connectivity index (χ1v) is 8.28. The average Bonchev–Trinajstić information content (AvgIpc) is 2.49. The molecule has 0 aliphatic carbocycles. The highest BCUT2D eigenvalue weighted by Crippen LogP contribution is 2.28. The van der Waals surface area contributed by atoms with Crippen LogP contribution in [0.3, 0.4) is 0 Å². The summed E-state index contributed by atoms with van der Waals surface area (Å²) in [7, 11) is 0. The number of amides is 1. The Morgan fingerprint density at radius 3 is 2.57 bits per heavy atom. The van der Waals surface area contributed by atoms with E-state index in [1.165, 1.54) is 0 Å². The summed E-state index contributed by atoms with van der Waals surface area (Å²) in [5.41, 5.74) is 1.34. The number of hydrogen-bond acceptors (Lipinski definition) is 4. The summed E-state index contributed by atoms with van der Waals surface area (Å²) in [6, 6.07) is 7.60. The van der Waals surface area contributed by atoms with E-state index in [4.69, 9.17) is 0 Å². The van der Waals surface area contributed by atoms with Gasteiger partial charge in [-0.1, -0.05) is 13.0 Å². The third-order valence-electron chi connectivity index (χ3n) is 3.26. The highest BCUT2D eigenvalue weighted by atomic mass is 32.2. The lowest BCUT2D eigenvalue weighted by atomic mass is 10.1. The van der Waals surface area contributed by atoms with Crippen molar-refractivity contribution in [2.45, 2.75) is 38.6 Å². The first kappa shape index (κ1) is 17.4. The summed E-state index contributed by atoms with van der Waals surface area (Å²) in [4.78, 5) is 15.0. The summed E-state index contributed by atoms with van der Waals surface area (Å²) < 4.78 is 0. The fraction of sp³-hybridized carbons (Fsp3) is 0.500. The zero-order valence-electron chi connectivity index (χ0n) is 13.1. The molecule has 0 aromatic heterocycles. The number of thioether (sulfide) groups is 1. The van der Waals surface area contributed by atoms with Crippen molar-refractivity contribution in [1.29, 1.82) is 5.26 Å². The van der Waals surface area contributed by atoms with Gasteiger partial charge in [0, 0.05) is 18.0 Å². The molecule has 0 heterocycles. The standard InChI is InChI=1S/C16H23N3OS/c1-5-19(6-2)16(20)12(4)18-14-9-8-10-15(21-7-3)13(14)11-17/h8-10,12,18H,5-7H2,1-4H3. The van der Waals surface area contributed by atoms with Crippen molar-refractivity contribution in [2.75, 3.05) is 24.2 Å². The fourth-order valence-electron chi connectivity index (χ4n) is 2.15. The van der Waals surface area contributed by atoms with Crippen LogP contribution < -0.4 is 5.32 Å². The number of anilines is 1. The molecule has 5 heteroatoms. The maximum Gasteiger partial charge on any atom is 0.244 e. The Morgan fingerprint density at radius 1 is 1.38 bits per heavy atom. The van der Waals surface area contributed by atoms with E-state index < -0.39 is 0 Å². The minimum atomic E-state index is -0.348. The molecule has 0 aliphatic heterocycles. The van der Waals surface area contributed by atoms with E-state index in [9.17, 15) is 10.1 Å². The van der Waals surface area contributed by atoms with Crippen LogP contribution in [-0.2, 0) is 4.79 Å². The van der Waals surface area contributed by atoms with E-state index in [-0.39, 0.29) is 11.9 Å². The van der Waals surface area contributed by atoms with Crippen LogP contribution in [0.25, 0.3) is 0 Å². The van der Waals surface area contributed by atoms with Gasteiger partial charge in [0.2, 0.25) is 5.91 Å². The topological polar surface area (TPSA) is 56.1 Å². The third-order valence-corrected chi connectivity index (χ3v) is 4.20. The van der Waals surface area contributed by atoms with Gasteiger partial charge in [0.05, 0.1) is 11.3 Å². The van der Waals surface area contributed by atoms with Gasteiger partial charge in [-0.15, -0.1) is 11.8 Å². The zero-order valence-corrected chi connectivity index (χ0v) is 14.0. The Hall–Kier alpha value is -1.67. The second kappa shape index (κ2) is 8.58. The van der Waals surface area contributed by atoms with Crippen molar-refractivity contribution in [3.63, 3.8) is 0 Å². The predicted octanol–water partition coefficient (Wildman–Crippen LogP) is 3.34. The van der Waals surface area contributed by atoms with Gasteiger partial charge in [0.15, 0.2) is 0 Å². The average molecular weight is 305 g/mol. The van der Waals surface area contributed by atoms with E-state index in [0.29, 0.717) is 18.7 Å². The Labute approximate surface area is 131 Å². The van der Waals surface area contributed by atoms with Crippen LogP contribution in [0.2, 0.25) is 0 Å². The van der Waals surface area contributed by atoms with Crippen LogP contribution in [0.4, 0.5) is 5.69 Å². The molecule has 4 nitrogen and oxygen atoms in total. The van der Waals surface area contributed by atoms with Gasteiger partial charge in [-0.25, -0.2) is 0 Å². The van der Waals surface area contributed by atoms with Crippen molar-refractivity contribution in [3.05, 3.63) is 23.8 Å². The maximum absolute atomic E-state index is 12.3. The molecule has 1 N–H and O–H groups in total. The van der Waals surface area contributed by atoms with E-state index >= 15 is 0 Å². The number of benzene rings is 1. The van der Waals surface area contributed by atoms with Crippen molar-refractivity contribution in [3.8, 4) is 6.07 Å². The molecule has 114 valence electrons. The summed E-state index contributed by atoms with van der Waals surface area (Å²) in [6.45, 7) is 9.21. The van der Waals surface area contributed by atoms with Crippen LogP contribution in [-0.4, -0.2) is 35.7 Å². The summed E-state index contributed by atoms with van der Waals surface area (Å²) in [6.07, 6.45) is 0. The van der Waals surface area contributed by atoms with Crippen LogP contribution in [0.15, 0.2) is 23.1 Å². The number of carbonyl (C=O) groups is 1. The quantitative estimate of drug-likeness (QED) is 0.785. The Bertz CT molecular complexity index is 521. The molecule has 1 atom stereocenters. The lowest BCUT2D eigenvalue weighted by molar-refractivity contribution is -0.131. The molecule has 1 amide bonds. The largest absolute Gasteiger partial charge is 0.373 e. The van der Waals surface area contributed by atoms with Gasteiger partial charge in [0.1, 0.15) is 12.1 Å². The molecule has 0 saturated carbocycles. The highest BCUT2D eigenvalue weighted by Gasteiger charge is 2.19. The number of nitriles is 1. The molecule has 1 rings (SSSR count). The lowest BCUT2D eigenvalue weighted by Crippen LogP contribution is -2.41. The van der Waals surface area contributed by atoms with E-state index in [0.717, 1.165) is 16.3 Å². The third kappa shape index (κ3) is 4.40. The molecule has 0 radical (unpaired) electrons. The maximum atomic E-state index is 12.3. The Kier molecular flexibility index (Phi) is 7.10. The first-order valence-electron chi connectivity index (χ1n) is 7.30. The van der Waals surface area contributed by atoms with Gasteiger partial charge in [0.25, 0.3) is 0 Å². The first-order chi connectivity index (χ1) is 10.1. The van der Waals surface area contributed by atoms with E-state index in [1.807, 2.05) is 39.0 Å². The van der Waals surface area contributed by atoms with Crippen LogP contribution >= 0.6 is 11.8 Å². The Morgan fingerprint density at radius 2 is 2.05 bits per heavy atom. The normalized spacial score (nSPS) is 11.6. The minimum absolute atomic E-state index is 0.0532. The smallest absolute Gasteiger partial charge is 0.244 e. The zero-order chi connectivity index (χ0) is 15.8. The molecule has 1 unspecified atom stereocenters. The number of hydrogen-bond donors (Lipinski definition) is 1. The van der Waals surface area contributed by atoms with E-state index in [2.05, 4.69) is 18.3 Å². The molecule has 21 heavy (non-hydrogen) atoms. The van der Waals surface area contributed by atoms with Crippen LogP contribution in [0.1, 0.15) is 33.3 Å². The monoisotopic (exact) mass is 305 g/mol. The summed E-state index contributed by atoms with van der Waals surface area (Å²) in [5.74, 6) is 0.962. The van der Waals surface area contributed by atoms with Gasteiger partial charge in [-0.3, -0.25) is 4.79 Å². The van der Waals surface area contributed by atoms with Crippen LogP contribution in [0, 0.1) is 11.3 Å². The molecule has 0 fully saturated rings. The van der Waals surface area contributed by atoms with Crippen molar-refractivity contribution >= 4 is 23.4 Å². The highest BCUT2D eigenvalue weighted by molar-refractivity contribution is 7.99. The van der Waals surface area contributed by atoms with Crippen molar-refractivity contribution in [1.82, 2.24) is 4.90 Å². The van der Waals surface area contributed by atoms with Gasteiger partial charge >= 0.3 is 0 Å². The van der Waals surface area contributed by atoms with Crippen molar-refractivity contribution in [2.24, 2.45) is 0 Å². The number of likely N-dealkylation sites (N-methyl/N-ethyl adjacent to an activating group) is 1. The Balaban J connectivity index is 2.95. The number of carbonyl (C=O) groups excluding carboxylic acids is 1. The molecule has 0 bridgehead atoms. The molecule has 1 aromatic carbocycles. The summed E-state index contributed by atoms with van der Waals surface area (Å²) >= 11 is 1.63. The number of nitrogens with one attached hydrogen (secondary N) is 1. The second-order valence-electron chi connectivity index (χ2n) is 4.60. The summed E-state index contributed by atoms with van der Waals surface area (Å²) in [5, 5.41) is 12.6. The number of nitrogens with zero attached hydrogens (tertiary/aromatic N) is 2. The molecule has 0 saturated heterocycles. The lowest BCUT2D eigenvalue weighted by Gasteiger charge is -2.24. The van der Waals surface area contributed by atoms with Crippen LogP contribution in [0.5, 0.6) is 0 Å². The molecule has 1 aromatic rings. The SMILES string of the molecule is CCSc1cccc(NC(C)C(=O)N(CC)CC)c1C#N. The predicted molar refractivity (Wildman–Crippen MR) is 88.6 cm³/mol. The molecular formula is C16H23N3OS. The molecule has 0 spiro atoms. The van der Waals surface area contributed by atoms with Crippen molar-refractivity contribution < 1.29 is 4.79 Å². The second-order valence-corrected chi connectivity index (χ2v) is 5.91. The van der Waals surface area contributed by atoms with E-state index in [1.54, 1.807) is 16.7 Å². The minimum Gasteiger partial charge on any atom is -0.373 e. The number of rotatable bonds is 7. The van der Waals surface area contributed by atoms with Gasteiger partial charge < -0.3 is 10.2 Å². The van der Waals surface area contributed by atoms with Gasteiger partial charge in [-0.2, -0.15) is 5.26 Å². The molecule has 0 aliphatic rings. The van der Waals surface area contributed by atoms with Gasteiger partial charge in [-0.05, 0) is 38.7 Å². The fourth-order valence-corrected chi connectivity index (χ4v) is 2.93.